The Bertz CT molecular complexity index is 1380. The number of thioether (sulfide) groups is 1. The van der Waals surface area contributed by atoms with Crippen molar-refractivity contribution >= 4 is 22.8 Å². The molecule has 0 N–H and O–H groups in total. The molecule has 7 nitrogen and oxygen atoms in total. The average Bonchev–Trinajstić information content (AvgIpc) is 3.48. The minimum absolute atomic E-state index is 0.435. The summed E-state index contributed by atoms with van der Waals surface area (Å²) in [5, 5.41) is 8.93. The molecule has 5 rings (SSSR count). The smallest absolute Gasteiger partial charge is 0.277 e. The van der Waals surface area contributed by atoms with Crippen molar-refractivity contribution in [1.82, 2.24) is 19.7 Å². The molecule has 33 heavy (non-hydrogen) atoms. The summed E-state index contributed by atoms with van der Waals surface area (Å²) >= 11 is 1.45. The molecule has 166 valence electrons. The van der Waals surface area contributed by atoms with Crippen molar-refractivity contribution in [2.75, 3.05) is 13.7 Å². The maximum atomic E-state index is 5.94. The summed E-state index contributed by atoms with van der Waals surface area (Å²) < 4.78 is 19.1. The molecule has 0 unspecified atom stereocenters. The van der Waals surface area contributed by atoms with Crippen LogP contribution in [0.3, 0.4) is 0 Å². The number of benzene rings is 3. The molecule has 2 aromatic heterocycles. The number of methoxy groups -OCH3 is 1. The van der Waals surface area contributed by atoms with Crippen molar-refractivity contribution in [2.45, 2.75) is 17.9 Å². The lowest BCUT2D eigenvalue weighted by molar-refractivity contribution is 0.340. The Hall–Kier alpha value is -3.78. The molecule has 0 fully saturated rings. The van der Waals surface area contributed by atoms with E-state index in [2.05, 4.69) is 20.8 Å². The van der Waals surface area contributed by atoms with Crippen LogP contribution in [0, 0.1) is 0 Å². The molecule has 0 radical (unpaired) electrons. The first kappa shape index (κ1) is 21.1. The fourth-order valence-corrected chi connectivity index (χ4v) is 4.30. The van der Waals surface area contributed by atoms with Crippen molar-refractivity contribution in [2.24, 2.45) is 0 Å². The molecule has 0 aliphatic heterocycles. The molecule has 0 aliphatic carbocycles. The van der Waals surface area contributed by atoms with E-state index < -0.39 is 0 Å². The molecular formula is C25H22N4O3S. The Morgan fingerprint density at radius 3 is 2.55 bits per heavy atom. The van der Waals surface area contributed by atoms with E-state index in [0.29, 0.717) is 23.5 Å². The molecule has 3 aromatic carbocycles. The van der Waals surface area contributed by atoms with Gasteiger partial charge in [0.1, 0.15) is 17.3 Å². The summed E-state index contributed by atoms with van der Waals surface area (Å²) in [6.45, 7) is 2.51. The van der Waals surface area contributed by atoms with Crippen LogP contribution in [0.25, 0.3) is 28.2 Å². The van der Waals surface area contributed by atoms with Crippen LogP contribution in [-0.4, -0.2) is 33.5 Å². The molecule has 2 heterocycles. The maximum Gasteiger partial charge on any atom is 0.277 e. The number of hydrogen-bond donors (Lipinski definition) is 0. The van der Waals surface area contributed by atoms with E-state index in [4.69, 9.17) is 18.9 Å². The van der Waals surface area contributed by atoms with E-state index in [9.17, 15) is 0 Å². The lowest BCUT2D eigenvalue weighted by Gasteiger charge is -2.09. The van der Waals surface area contributed by atoms with Gasteiger partial charge in [-0.05, 0) is 55.5 Å². The molecule has 0 aliphatic rings. The van der Waals surface area contributed by atoms with Gasteiger partial charge in [0.05, 0.1) is 36.1 Å². The molecule has 0 saturated carbocycles. The van der Waals surface area contributed by atoms with Crippen LogP contribution in [0.4, 0.5) is 0 Å². The standard InChI is InChI=1S/C25H22N4O3S/c1-3-31-22-11-7-4-8-19(22)24-27-28-25(32-24)33-16-23-26-20-9-5-6-10-21(20)29(23)17-12-14-18(30-2)15-13-17/h4-15H,3,16H2,1-2H3. The van der Waals surface area contributed by atoms with Crippen molar-refractivity contribution in [3.05, 3.63) is 78.6 Å². The predicted octanol–water partition coefficient (Wildman–Crippen LogP) is 5.78. The second-order valence-corrected chi connectivity index (χ2v) is 8.07. The molecule has 0 saturated heterocycles. The number of ether oxygens (including phenoxy) is 2. The van der Waals surface area contributed by atoms with Crippen molar-refractivity contribution in [1.29, 1.82) is 0 Å². The Labute approximate surface area is 195 Å². The zero-order chi connectivity index (χ0) is 22.6. The Kier molecular flexibility index (Phi) is 5.99. The summed E-state index contributed by atoms with van der Waals surface area (Å²) in [5.74, 6) is 3.42. The highest BCUT2D eigenvalue weighted by molar-refractivity contribution is 7.98. The van der Waals surface area contributed by atoms with Gasteiger partial charge in [-0.2, -0.15) is 0 Å². The number of rotatable bonds is 8. The van der Waals surface area contributed by atoms with Gasteiger partial charge in [-0.15, -0.1) is 10.2 Å². The molecule has 8 heteroatoms. The number of fused-ring (bicyclic) bond motifs is 1. The fourth-order valence-electron chi connectivity index (χ4n) is 3.62. The fraction of sp³-hybridized carbons (Fsp3) is 0.160. The largest absolute Gasteiger partial charge is 0.497 e. The third kappa shape index (κ3) is 4.29. The van der Waals surface area contributed by atoms with E-state index in [1.54, 1.807) is 7.11 Å². The third-order valence-corrected chi connectivity index (χ3v) is 5.92. The summed E-state index contributed by atoms with van der Waals surface area (Å²) in [7, 11) is 1.66. The van der Waals surface area contributed by atoms with Crippen LogP contribution in [0.15, 0.2) is 82.4 Å². The first-order chi connectivity index (χ1) is 16.3. The van der Waals surface area contributed by atoms with Crippen LogP contribution < -0.4 is 9.47 Å². The van der Waals surface area contributed by atoms with Gasteiger partial charge in [0.2, 0.25) is 0 Å². The van der Waals surface area contributed by atoms with E-state index in [1.165, 1.54) is 11.8 Å². The topological polar surface area (TPSA) is 75.2 Å². The Balaban J connectivity index is 1.43. The van der Waals surface area contributed by atoms with Crippen LogP contribution in [-0.2, 0) is 5.75 Å². The van der Waals surface area contributed by atoms with Gasteiger partial charge < -0.3 is 13.9 Å². The molecule has 0 bridgehead atoms. The van der Waals surface area contributed by atoms with Crippen molar-refractivity contribution < 1.29 is 13.9 Å². The highest BCUT2D eigenvalue weighted by Crippen LogP contribution is 2.32. The molecule has 5 aromatic rings. The third-order valence-electron chi connectivity index (χ3n) is 5.11. The zero-order valence-electron chi connectivity index (χ0n) is 18.3. The number of para-hydroxylation sites is 3. The molecule has 0 amide bonds. The summed E-state index contributed by atoms with van der Waals surface area (Å²) in [6, 6.07) is 23.7. The highest BCUT2D eigenvalue weighted by atomic mass is 32.2. The summed E-state index contributed by atoms with van der Waals surface area (Å²) in [4.78, 5) is 4.85. The predicted molar refractivity (Wildman–Crippen MR) is 128 cm³/mol. The van der Waals surface area contributed by atoms with Crippen LogP contribution in [0.1, 0.15) is 12.7 Å². The number of aromatic nitrogens is 4. The second-order valence-electron chi connectivity index (χ2n) is 7.14. The van der Waals surface area contributed by atoms with Crippen LogP contribution in [0.2, 0.25) is 0 Å². The van der Waals surface area contributed by atoms with Gasteiger partial charge in [-0.3, -0.25) is 4.57 Å². The summed E-state index contributed by atoms with van der Waals surface area (Å²) in [5.41, 5.74) is 3.76. The average molecular weight is 459 g/mol. The van der Waals surface area contributed by atoms with Gasteiger partial charge >= 0.3 is 0 Å². The first-order valence-electron chi connectivity index (χ1n) is 10.6. The van der Waals surface area contributed by atoms with Crippen molar-refractivity contribution in [3.8, 4) is 28.6 Å². The van der Waals surface area contributed by atoms with Crippen LogP contribution in [0.5, 0.6) is 11.5 Å². The molecular weight excluding hydrogens is 436 g/mol. The first-order valence-corrected chi connectivity index (χ1v) is 11.5. The second kappa shape index (κ2) is 9.38. The lowest BCUT2D eigenvalue weighted by atomic mass is 10.2. The van der Waals surface area contributed by atoms with Gasteiger partial charge in [0.15, 0.2) is 0 Å². The Morgan fingerprint density at radius 1 is 0.939 bits per heavy atom. The van der Waals surface area contributed by atoms with E-state index in [-0.39, 0.29) is 0 Å². The quantitative estimate of drug-likeness (QED) is 0.273. The zero-order valence-corrected chi connectivity index (χ0v) is 19.1. The minimum Gasteiger partial charge on any atom is -0.497 e. The van der Waals surface area contributed by atoms with Gasteiger partial charge in [0, 0.05) is 5.69 Å². The van der Waals surface area contributed by atoms with Gasteiger partial charge in [0.25, 0.3) is 11.1 Å². The monoisotopic (exact) mass is 458 g/mol. The van der Waals surface area contributed by atoms with Gasteiger partial charge in [-0.25, -0.2) is 4.98 Å². The van der Waals surface area contributed by atoms with E-state index in [1.807, 2.05) is 73.7 Å². The highest BCUT2D eigenvalue weighted by Gasteiger charge is 2.17. The summed E-state index contributed by atoms with van der Waals surface area (Å²) in [6.07, 6.45) is 0. The SMILES string of the molecule is CCOc1ccccc1-c1nnc(SCc2nc3ccccc3n2-c2ccc(OC)cc2)o1. The minimum atomic E-state index is 0.435. The van der Waals surface area contributed by atoms with Gasteiger partial charge in [-0.1, -0.05) is 36.0 Å². The molecule has 0 atom stereocenters. The van der Waals surface area contributed by atoms with E-state index >= 15 is 0 Å². The maximum absolute atomic E-state index is 5.94. The molecule has 0 spiro atoms. The van der Waals surface area contributed by atoms with E-state index in [0.717, 1.165) is 39.6 Å². The lowest BCUT2D eigenvalue weighted by Crippen LogP contribution is -2.00. The number of imidazole rings is 1. The normalized spacial score (nSPS) is 11.1. The number of nitrogens with zero attached hydrogens (tertiary/aromatic N) is 4. The Morgan fingerprint density at radius 2 is 1.73 bits per heavy atom. The number of hydrogen-bond acceptors (Lipinski definition) is 7. The van der Waals surface area contributed by atoms with Crippen molar-refractivity contribution in [3.63, 3.8) is 0 Å². The van der Waals surface area contributed by atoms with Crippen LogP contribution >= 0.6 is 11.8 Å².